The number of hydrogen-bond acceptors (Lipinski definition) is 8. The third kappa shape index (κ3) is 5.50. The molecule has 138 valence electrons. The number of hydrogen-bond donors (Lipinski definition) is 2. The molecule has 8 nitrogen and oxygen atoms in total. The first-order valence-electron chi connectivity index (χ1n) is 7.86. The average molecular weight is 354 g/mol. The molecule has 0 amide bonds. The molecule has 1 heterocycles. The fourth-order valence-electron chi connectivity index (χ4n) is 2.46. The van der Waals surface area contributed by atoms with Crippen molar-refractivity contribution in [2.24, 2.45) is 0 Å². The predicted octanol–water partition coefficient (Wildman–Crippen LogP) is 0.145. The molecule has 0 aliphatic carbocycles. The Kier molecular flexibility index (Phi) is 6.89. The molecular formula is C17H22O8. The second-order valence-corrected chi connectivity index (χ2v) is 5.70. The van der Waals surface area contributed by atoms with Crippen LogP contribution in [0.2, 0.25) is 0 Å². The summed E-state index contributed by atoms with van der Waals surface area (Å²) in [5, 5.41) is 20.7. The molecule has 0 spiro atoms. The highest BCUT2D eigenvalue weighted by Crippen LogP contribution is 2.26. The Morgan fingerprint density at radius 2 is 1.76 bits per heavy atom. The van der Waals surface area contributed by atoms with Gasteiger partial charge in [-0.3, -0.25) is 9.59 Å². The Labute approximate surface area is 145 Å². The topological polar surface area (TPSA) is 112 Å². The van der Waals surface area contributed by atoms with Gasteiger partial charge in [0.2, 0.25) is 6.29 Å². The summed E-state index contributed by atoms with van der Waals surface area (Å²) in [6.07, 6.45) is -6.08. The molecule has 0 saturated carbocycles. The van der Waals surface area contributed by atoms with Crippen molar-refractivity contribution in [3.8, 4) is 0 Å². The first kappa shape index (κ1) is 19.3. The molecule has 1 aromatic rings. The van der Waals surface area contributed by atoms with E-state index in [1.54, 1.807) is 0 Å². The number of carbonyl (C=O) groups is 2. The zero-order chi connectivity index (χ0) is 18.4. The highest BCUT2D eigenvalue weighted by atomic mass is 16.7. The molecule has 1 aliphatic rings. The maximum absolute atomic E-state index is 11.2. The molecule has 0 radical (unpaired) electrons. The van der Waals surface area contributed by atoms with Gasteiger partial charge < -0.3 is 29.2 Å². The summed E-state index contributed by atoms with van der Waals surface area (Å²) >= 11 is 0. The largest absolute Gasteiger partial charge is 0.463 e. The van der Waals surface area contributed by atoms with Gasteiger partial charge in [0.1, 0.15) is 31.0 Å². The lowest BCUT2D eigenvalue weighted by Crippen LogP contribution is -2.60. The van der Waals surface area contributed by atoms with Crippen molar-refractivity contribution in [3.63, 3.8) is 0 Å². The minimum absolute atomic E-state index is 0.132. The Morgan fingerprint density at radius 3 is 2.36 bits per heavy atom. The van der Waals surface area contributed by atoms with E-state index in [0.717, 1.165) is 5.56 Å². The lowest BCUT2D eigenvalue weighted by molar-refractivity contribution is -0.301. The van der Waals surface area contributed by atoms with Crippen LogP contribution in [0.15, 0.2) is 30.3 Å². The summed E-state index contributed by atoms with van der Waals surface area (Å²) < 4.78 is 20.8. The highest BCUT2D eigenvalue weighted by Gasteiger charge is 2.47. The van der Waals surface area contributed by atoms with Crippen molar-refractivity contribution in [1.29, 1.82) is 0 Å². The summed E-state index contributed by atoms with van der Waals surface area (Å²) in [6.45, 7) is 2.26. The van der Waals surface area contributed by atoms with E-state index in [0.29, 0.717) is 0 Å². The van der Waals surface area contributed by atoms with Crippen LogP contribution < -0.4 is 0 Å². The average Bonchev–Trinajstić information content (AvgIpc) is 2.56. The van der Waals surface area contributed by atoms with E-state index >= 15 is 0 Å². The lowest BCUT2D eigenvalue weighted by atomic mass is 9.99. The lowest BCUT2D eigenvalue weighted by Gasteiger charge is -2.41. The second kappa shape index (κ2) is 8.91. The van der Waals surface area contributed by atoms with Gasteiger partial charge in [-0.2, -0.15) is 0 Å². The van der Waals surface area contributed by atoms with Crippen molar-refractivity contribution in [3.05, 3.63) is 35.9 Å². The molecule has 8 heteroatoms. The Balaban J connectivity index is 2.08. The van der Waals surface area contributed by atoms with Crippen molar-refractivity contribution in [1.82, 2.24) is 0 Å². The van der Waals surface area contributed by atoms with Crippen LogP contribution in [-0.4, -0.2) is 59.5 Å². The Bertz CT molecular complexity index is 575. The monoisotopic (exact) mass is 354 g/mol. The summed E-state index contributed by atoms with van der Waals surface area (Å²) in [5.74, 6) is -1.21. The molecule has 0 unspecified atom stereocenters. The Hall–Kier alpha value is -2.00. The van der Waals surface area contributed by atoms with E-state index in [9.17, 15) is 19.8 Å². The van der Waals surface area contributed by atoms with E-state index in [1.807, 2.05) is 30.3 Å². The SMILES string of the molecule is CC(=O)OC[C@H]1O[C@@H](OC(C)=O)[C@H](O)[C@@H](OCc2ccccc2)[C@@H]1O. The molecular weight excluding hydrogens is 332 g/mol. The van der Waals surface area contributed by atoms with Gasteiger partial charge in [-0.15, -0.1) is 0 Å². The third-order valence-corrected chi connectivity index (χ3v) is 3.66. The number of aliphatic hydroxyl groups is 2. The molecule has 25 heavy (non-hydrogen) atoms. The molecule has 5 atom stereocenters. The van der Waals surface area contributed by atoms with E-state index < -0.39 is 42.6 Å². The zero-order valence-electron chi connectivity index (χ0n) is 14.0. The van der Waals surface area contributed by atoms with Crippen molar-refractivity contribution in [2.75, 3.05) is 6.61 Å². The van der Waals surface area contributed by atoms with Gasteiger partial charge in [0.05, 0.1) is 6.61 Å². The quantitative estimate of drug-likeness (QED) is 0.694. The van der Waals surface area contributed by atoms with Crippen LogP contribution in [0.4, 0.5) is 0 Å². The first-order valence-corrected chi connectivity index (χ1v) is 7.86. The highest BCUT2D eigenvalue weighted by molar-refractivity contribution is 5.66. The van der Waals surface area contributed by atoms with Crippen molar-refractivity contribution in [2.45, 2.75) is 51.2 Å². The van der Waals surface area contributed by atoms with Crippen molar-refractivity contribution < 1.29 is 38.7 Å². The van der Waals surface area contributed by atoms with Gasteiger partial charge >= 0.3 is 11.9 Å². The fraction of sp³-hybridized carbons (Fsp3) is 0.529. The number of ether oxygens (including phenoxy) is 4. The van der Waals surface area contributed by atoms with Crippen LogP contribution in [0.3, 0.4) is 0 Å². The van der Waals surface area contributed by atoms with Crippen molar-refractivity contribution >= 4 is 11.9 Å². The smallest absolute Gasteiger partial charge is 0.305 e. The van der Waals surface area contributed by atoms with Gasteiger partial charge in [-0.25, -0.2) is 0 Å². The van der Waals surface area contributed by atoms with Gasteiger partial charge in [-0.05, 0) is 5.56 Å². The summed E-state index contributed by atoms with van der Waals surface area (Å²) in [4.78, 5) is 22.2. The number of rotatable bonds is 6. The summed E-state index contributed by atoms with van der Waals surface area (Å²) in [5.41, 5.74) is 0.842. The predicted molar refractivity (Wildman–Crippen MR) is 84.1 cm³/mol. The second-order valence-electron chi connectivity index (χ2n) is 5.70. The van der Waals surface area contributed by atoms with Crippen LogP contribution in [-0.2, 0) is 35.1 Å². The van der Waals surface area contributed by atoms with Gasteiger partial charge in [0.25, 0.3) is 0 Å². The fourth-order valence-corrected chi connectivity index (χ4v) is 2.46. The molecule has 1 aromatic carbocycles. The van der Waals surface area contributed by atoms with Gasteiger partial charge in [0, 0.05) is 13.8 Å². The van der Waals surface area contributed by atoms with Gasteiger partial charge in [-0.1, -0.05) is 30.3 Å². The van der Waals surface area contributed by atoms with Crippen LogP contribution in [0.25, 0.3) is 0 Å². The van der Waals surface area contributed by atoms with Gasteiger partial charge in [0.15, 0.2) is 0 Å². The zero-order valence-corrected chi connectivity index (χ0v) is 14.0. The molecule has 0 aromatic heterocycles. The Morgan fingerprint density at radius 1 is 1.08 bits per heavy atom. The van der Waals surface area contributed by atoms with E-state index in [1.165, 1.54) is 13.8 Å². The van der Waals surface area contributed by atoms with Crippen LogP contribution >= 0.6 is 0 Å². The maximum Gasteiger partial charge on any atom is 0.305 e. The normalized spacial score (nSPS) is 29.0. The number of benzene rings is 1. The molecule has 2 rings (SSSR count). The molecule has 2 N–H and O–H groups in total. The van der Waals surface area contributed by atoms with E-state index in [-0.39, 0.29) is 13.2 Å². The number of esters is 2. The minimum atomic E-state index is -1.39. The minimum Gasteiger partial charge on any atom is -0.463 e. The molecule has 0 bridgehead atoms. The van der Waals surface area contributed by atoms with E-state index in [4.69, 9.17) is 18.9 Å². The third-order valence-electron chi connectivity index (χ3n) is 3.66. The molecule has 1 aliphatic heterocycles. The first-order chi connectivity index (χ1) is 11.9. The van der Waals surface area contributed by atoms with Crippen LogP contribution in [0.1, 0.15) is 19.4 Å². The van der Waals surface area contributed by atoms with Crippen LogP contribution in [0, 0.1) is 0 Å². The standard InChI is InChI=1S/C17H22O8/c1-10(18)22-9-13-14(20)16(15(21)17(25-13)24-11(2)19)23-8-12-6-4-3-5-7-12/h3-7,13-17,20-21H,8-9H2,1-2H3/t13-,14-,15-,16+,17-/m1/s1. The number of carbonyl (C=O) groups excluding carboxylic acids is 2. The summed E-state index contributed by atoms with van der Waals surface area (Å²) in [6, 6.07) is 9.19. The molecule has 1 fully saturated rings. The van der Waals surface area contributed by atoms with Crippen LogP contribution in [0.5, 0.6) is 0 Å². The summed E-state index contributed by atoms with van der Waals surface area (Å²) in [7, 11) is 0. The number of aliphatic hydroxyl groups excluding tert-OH is 2. The molecule has 1 saturated heterocycles. The maximum atomic E-state index is 11.2. The van der Waals surface area contributed by atoms with E-state index in [2.05, 4.69) is 0 Å².